The number of rotatable bonds is 5. The van der Waals surface area contributed by atoms with E-state index in [9.17, 15) is 9.18 Å². The fraction of sp³-hybridized carbons (Fsp3) is 0.588. The molecule has 1 saturated carbocycles. The van der Waals surface area contributed by atoms with Gasteiger partial charge in [0.2, 0.25) is 5.91 Å². The van der Waals surface area contributed by atoms with Gasteiger partial charge < -0.3 is 15.8 Å². The van der Waals surface area contributed by atoms with Crippen LogP contribution in [0.25, 0.3) is 0 Å². The van der Waals surface area contributed by atoms with Crippen molar-refractivity contribution in [3.8, 4) is 0 Å². The van der Waals surface area contributed by atoms with Gasteiger partial charge in [-0.15, -0.1) is 0 Å². The molecule has 0 spiro atoms. The fourth-order valence-electron chi connectivity index (χ4n) is 3.20. The summed E-state index contributed by atoms with van der Waals surface area (Å²) in [6.07, 6.45) is 3.62. The largest absolute Gasteiger partial charge is 0.381 e. The minimum absolute atomic E-state index is 0.102. The normalized spacial score (nSPS) is 22.1. The lowest BCUT2D eigenvalue weighted by atomic mass is 9.91. The number of nitrogens with one attached hydrogen (secondary N) is 1. The van der Waals surface area contributed by atoms with Crippen molar-refractivity contribution in [1.29, 1.82) is 0 Å². The minimum atomic E-state index is -0.479. The molecule has 1 aliphatic carbocycles. The van der Waals surface area contributed by atoms with Crippen molar-refractivity contribution in [2.75, 3.05) is 19.8 Å². The van der Waals surface area contributed by atoms with Crippen LogP contribution in [0.5, 0.6) is 0 Å². The van der Waals surface area contributed by atoms with Crippen molar-refractivity contribution >= 4 is 5.91 Å². The average Bonchev–Trinajstić information content (AvgIpc) is 3.34. The molecule has 1 amide bonds. The Bertz CT molecular complexity index is 539. The second-order valence-corrected chi connectivity index (χ2v) is 6.48. The van der Waals surface area contributed by atoms with Crippen LogP contribution in [0.4, 0.5) is 4.39 Å². The summed E-state index contributed by atoms with van der Waals surface area (Å²) in [5.74, 6) is -0.137. The van der Waals surface area contributed by atoms with E-state index in [4.69, 9.17) is 10.5 Å². The van der Waals surface area contributed by atoms with Gasteiger partial charge in [-0.2, -0.15) is 0 Å². The maximum atomic E-state index is 13.4. The van der Waals surface area contributed by atoms with Gasteiger partial charge in [0, 0.05) is 25.2 Å². The maximum absolute atomic E-state index is 13.4. The molecule has 5 heteroatoms. The van der Waals surface area contributed by atoms with E-state index in [0.29, 0.717) is 19.8 Å². The van der Waals surface area contributed by atoms with Crippen molar-refractivity contribution in [3.05, 3.63) is 35.6 Å². The van der Waals surface area contributed by atoms with Crippen LogP contribution in [0.1, 0.15) is 31.2 Å². The SMILES string of the molecule is NC(C(=O)NCC1(c2cccc(F)c2)CC1)C1CCOCC1. The van der Waals surface area contributed by atoms with Gasteiger partial charge in [-0.25, -0.2) is 4.39 Å². The van der Waals surface area contributed by atoms with Crippen LogP contribution in [0.3, 0.4) is 0 Å². The van der Waals surface area contributed by atoms with Crippen LogP contribution in [0, 0.1) is 11.7 Å². The molecule has 2 aliphatic rings. The zero-order valence-corrected chi connectivity index (χ0v) is 12.7. The molecule has 1 saturated heterocycles. The molecule has 1 heterocycles. The third-order valence-electron chi connectivity index (χ3n) is 4.97. The second kappa shape index (κ2) is 6.34. The standard InChI is InChI=1S/C17H23FN2O2/c18-14-3-1-2-13(10-14)17(6-7-17)11-20-16(21)15(19)12-4-8-22-9-5-12/h1-3,10,12,15H,4-9,11,19H2,(H,20,21). The highest BCUT2D eigenvalue weighted by molar-refractivity contribution is 5.82. The molecule has 22 heavy (non-hydrogen) atoms. The molecule has 1 unspecified atom stereocenters. The number of nitrogens with two attached hydrogens (primary N) is 1. The van der Waals surface area contributed by atoms with E-state index in [2.05, 4.69) is 5.32 Å². The zero-order valence-electron chi connectivity index (χ0n) is 12.7. The van der Waals surface area contributed by atoms with E-state index in [1.807, 2.05) is 6.07 Å². The van der Waals surface area contributed by atoms with Gasteiger partial charge in [-0.05, 0) is 49.3 Å². The number of ether oxygens (including phenoxy) is 1. The summed E-state index contributed by atoms with van der Waals surface area (Å²) < 4.78 is 18.7. The quantitative estimate of drug-likeness (QED) is 0.871. The third-order valence-corrected chi connectivity index (χ3v) is 4.97. The lowest BCUT2D eigenvalue weighted by Crippen LogP contribution is -2.48. The van der Waals surface area contributed by atoms with Gasteiger partial charge in [0.1, 0.15) is 5.82 Å². The summed E-state index contributed by atoms with van der Waals surface area (Å²) in [7, 11) is 0. The van der Waals surface area contributed by atoms with Gasteiger partial charge >= 0.3 is 0 Å². The van der Waals surface area contributed by atoms with E-state index >= 15 is 0 Å². The average molecular weight is 306 g/mol. The number of hydrogen-bond donors (Lipinski definition) is 2. The molecular formula is C17H23FN2O2. The monoisotopic (exact) mass is 306 g/mol. The Morgan fingerprint density at radius 1 is 1.41 bits per heavy atom. The zero-order chi connectivity index (χ0) is 15.6. The molecular weight excluding hydrogens is 283 g/mol. The molecule has 1 aromatic carbocycles. The summed E-state index contributed by atoms with van der Waals surface area (Å²) in [5, 5.41) is 2.97. The third kappa shape index (κ3) is 3.31. The molecule has 3 rings (SSSR count). The molecule has 2 fully saturated rings. The van der Waals surface area contributed by atoms with Crippen LogP contribution in [-0.2, 0) is 14.9 Å². The number of carbonyl (C=O) groups excluding carboxylic acids is 1. The summed E-state index contributed by atoms with van der Waals surface area (Å²) >= 11 is 0. The lowest BCUT2D eigenvalue weighted by Gasteiger charge is -2.27. The number of benzene rings is 1. The summed E-state index contributed by atoms with van der Waals surface area (Å²) in [4.78, 5) is 12.3. The van der Waals surface area contributed by atoms with Gasteiger partial charge in [-0.1, -0.05) is 12.1 Å². The molecule has 0 radical (unpaired) electrons. The van der Waals surface area contributed by atoms with Gasteiger partial charge in [0.15, 0.2) is 0 Å². The first kappa shape index (κ1) is 15.4. The predicted octanol–water partition coefficient (Wildman–Crippen LogP) is 1.73. The van der Waals surface area contributed by atoms with E-state index in [1.54, 1.807) is 12.1 Å². The van der Waals surface area contributed by atoms with Crippen molar-refractivity contribution in [2.45, 2.75) is 37.1 Å². The predicted molar refractivity (Wildman–Crippen MR) is 81.8 cm³/mol. The van der Waals surface area contributed by atoms with E-state index in [0.717, 1.165) is 31.2 Å². The van der Waals surface area contributed by atoms with Crippen LogP contribution >= 0.6 is 0 Å². The molecule has 120 valence electrons. The molecule has 1 aromatic rings. The summed E-state index contributed by atoms with van der Waals surface area (Å²) in [6.45, 7) is 1.89. The van der Waals surface area contributed by atoms with Gasteiger partial charge in [0.25, 0.3) is 0 Å². The number of hydrogen-bond acceptors (Lipinski definition) is 3. The Morgan fingerprint density at radius 3 is 2.77 bits per heavy atom. The van der Waals surface area contributed by atoms with Crippen molar-refractivity contribution in [3.63, 3.8) is 0 Å². The van der Waals surface area contributed by atoms with Gasteiger partial charge in [-0.3, -0.25) is 4.79 Å². The van der Waals surface area contributed by atoms with E-state index in [-0.39, 0.29) is 23.1 Å². The first-order chi connectivity index (χ1) is 10.6. The first-order valence-electron chi connectivity index (χ1n) is 7.98. The Hall–Kier alpha value is -1.46. The molecule has 0 aromatic heterocycles. The van der Waals surface area contributed by atoms with Crippen LogP contribution < -0.4 is 11.1 Å². The van der Waals surface area contributed by atoms with E-state index < -0.39 is 6.04 Å². The van der Waals surface area contributed by atoms with Crippen LogP contribution in [-0.4, -0.2) is 31.7 Å². The topological polar surface area (TPSA) is 64.4 Å². The second-order valence-electron chi connectivity index (χ2n) is 6.48. The highest BCUT2D eigenvalue weighted by atomic mass is 19.1. The highest BCUT2D eigenvalue weighted by Gasteiger charge is 2.44. The summed E-state index contributed by atoms with van der Waals surface area (Å²) in [5.41, 5.74) is 6.94. The molecule has 3 N–H and O–H groups in total. The van der Waals surface area contributed by atoms with Gasteiger partial charge in [0.05, 0.1) is 6.04 Å². The van der Waals surface area contributed by atoms with Crippen LogP contribution in [0.2, 0.25) is 0 Å². The number of halogens is 1. The maximum Gasteiger partial charge on any atom is 0.237 e. The van der Waals surface area contributed by atoms with Crippen molar-refractivity contribution in [2.24, 2.45) is 11.7 Å². The minimum Gasteiger partial charge on any atom is -0.381 e. The van der Waals surface area contributed by atoms with E-state index in [1.165, 1.54) is 6.07 Å². The number of carbonyl (C=O) groups is 1. The molecule has 1 aliphatic heterocycles. The van der Waals surface area contributed by atoms with Crippen molar-refractivity contribution < 1.29 is 13.9 Å². The highest BCUT2D eigenvalue weighted by Crippen LogP contribution is 2.47. The Morgan fingerprint density at radius 2 is 2.14 bits per heavy atom. The Balaban J connectivity index is 1.56. The molecule has 1 atom stereocenters. The van der Waals surface area contributed by atoms with Crippen LogP contribution in [0.15, 0.2) is 24.3 Å². The lowest BCUT2D eigenvalue weighted by molar-refractivity contribution is -0.124. The smallest absolute Gasteiger partial charge is 0.237 e. The van der Waals surface area contributed by atoms with Crippen molar-refractivity contribution in [1.82, 2.24) is 5.32 Å². The molecule has 0 bridgehead atoms. The first-order valence-corrected chi connectivity index (χ1v) is 7.98. The summed E-state index contributed by atoms with van der Waals surface area (Å²) in [6, 6.07) is 6.18. The Labute approximate surface area is 130 Å². The molecule has 4 nitrogen and oxygen atoms in total. The Kier molecular flexibility index (Phi) is 4.45. The number of amides is 1. The fourth-order valence-corrected chi connectivity index (χ4v) is 3.20.